The lowest BCUT2D eigenvalue weighted by molar-refractivity contribution is -0.122. The third-order valence-electron chi connectivity index (χ3n) is 3.98. The third-order valence-corrected chi connectivity index (χ3v) is 5.06. The Kier molecular flexibility index (Phi) is 5.03. The van der Waals surface area contributed by atoms with Gasteiger partial charge in [-0.05, 0) is 31.7 Å². The number of carbonyl (C=O) groups excluding carboxylic acids is 1. The first-order chi connectivity index (χ1) is 9.13. The van der Waals surface area contributed by atoms with E-state index in [1.54, 1.807) is 0 Å². The van der Waals surface area contributed by atoms with Gasteiger partial charge in [-0.2, -0.15) is 0 Å². The number of rotatable bonds is 5. The van der Waals surface area contributed by atoms with Crippen molar-refractivity contribution in [3.63, 3.8) is 0 Å². The van der Waals surface area contributed by atoms with Crippen LogP contribution in [0.5, 0.6) is 0 Å². The molecular weight excluding hydrogens is 302 g/mol. The van der Waals surface area contributed by atoms with Gasteiger partial charge in [0.15, 0.2) is 0 Å². The van der Waals surface area contributed by atoms with Crippen molar-refractivity contribution in [3.05, 3.63) is 35.4 Å². The minimum absolute atomic E-state index is 0.0182. The summed E-state index contributed by atoms with van der Waals surface area (Å²) in [5, 5.41) is 4.11. The Balaban J connectivity index is 1.82. The number of nitrogens with one attached hydrogen (secondary N) is 1. The fourth-order valence-corrected chi connectivity index (χ4v) is 3.42. The zero-order valence-electron chi connectivity index (χ0n) is 11.5. The number of alkyl halides is 1. The number of hydrogen-bond donors (Lipinski definition) is 1. The summed E-state index contributed by atoms with van der Waals surface area (Å²) in [7, 11) is 0. The number of benzene rings is 1. The molecule has 3 heteroatoms. The van der Waals surface area contributed by atoms with Gasteiger partial charge in [0, 0.05) is 17.3 Å². The number of carbonyl (C=O) groups is 1. The van der Waals surface area contributed by atoms with Crippen LogP contribution >= 0.6 is 15.9 Å². The fourth-order valence-electron chi connectivity index (χ4n) is 2.71. The molecule has 2 rings (SSSR count). The van der Waals surface area contributed by atoms with Gasteiger partial charge in [0.25, 0.3) is 0 Å². The molecule has 0 atom stereocenters. The van der Waals surface area contributed by atoms with Crippen LogP contribution < -0.4 is 5.32 Å². The summed E-state index contributed by atoms with van der Waals surface area (Å²) in [6.45, 7) is 2.08. The molecule has 1 N–H and O–H groups in total. The molecule has 1 amide bonds. The molecule has 0 unspecified atom stereocenters. The van der Waals surface area contributed by atoms with Gasteiger partial charge in [-0.15, -0.1) is 0 Å². The van der Waals surface area contributed by atoms with Crippen LogP contribution in [0.4, 0.5) is 0 Å². The van der Waals surface area contributed by atoms with Crippen molar-refractivity contribution < 1.29 is 4.79 Å². The van der Waals surface area contributed by atoms with Crippen LogP contribution in [0.25, 0.3) is 0 Å². The topological polar surface area (TPSA) is 29.1 Å². The van der Waals surface area contributed by atoms with Crippen molar-refractivity contribution >= 4 is 21.8 Å². The summed E-state index contributed by atoms with van der Waals surface area (Å²) in [5.41, 5.74) is 2.52. The largest absolute Gasteiger partial charge is 0.350 e. The lowest BCUT2D eigenvalue weighted by Crippen LogP contribution is -2.47. The molecule has 0 spiro atoms. The van der Waals surface area contributed by atoms with Gasteiger partial charge in [-0.25, -0.2) is 0 Å². The normalized spacial score (nSPS) is 17.4. The van der Waals surface area contributed by atoms with E-state index in [1.165, 1.54) is 24.0 Å². The molecular formula is C16H22BrNO. The second kappa shape index (κ2) is 6.56. The van der Waals surface area contributed by atoms with E-state index >= 15 is 0 Å². The average Bonchev–Trinajstić information content (AvgIpc) is 2.87. The monoisotopic (exact) mass is 323 g/mol. The quantitative estimate of drug-likeness (QED) is 0.821. The van der Waals surface area contributed by atoms with Crippen LogP contribution in [0.1, 0.15) is 43.2 Å². The summed E-state index contributed by atoms with van der Waals surface area (Å²) >= 11 is 3.55. The van der Waals surface area contributed by atoms with Gasteiger partial charge >= 0.3 is 0 Å². The van der Waals surface area contributed by atoms with E-state index in [0.717, 1.165) is 24.6 Å². The van der Waals surface area contributed by atoms with Crippen LogP contribution in [0.2, 0.25) is 0 Å². The highest BCUT2D eigenvalue weighted by Gasteiger charge is 2.33. The highest BCUT2D eigenvalue weighted by Crippen LogP contribution is 2.31. The van der Waals surface area contributed by atoms with E-state index in [9.17, 15) is 4.79 Å². The number of amides is 1. The van der Waals surface area contributed by atoms with Crippen LogP contribution in [0.15, 0.2) is 24.3 Å². The summed E-state index contributed by atoms with van der Waals surface area (Å²) < 4.78 is 0. The van der Waals surface area contributed by atoms with Gasteiger partial charge in [-0.3, -0.25) is 4.79 Å². The highest BCUT2D eigenvalue weighted by atomic mass is 79.9. The van der Waals surface area contributed by atoms with Crippen molar-refractivity contribution in [1.82, 2.24) is 5.32 Å². The molecule has 2 nitrogen and oxygen atoms in total. The molecule has 0 radical (unpaired) electrons. The molecule has 0 aromatic heterocycles. The number of halogens is 1. The highest BCUT2D eigenvalue weighted by molar-refractivity contribution is 9.09. The molecule has 0 aliphatic heterocycles. The first-order valence-electron chi connectivity index (χ1n) is 7.06. The number of hydrogen-bond acceptors (Lipinski definition) is 1. The molecule has 1 aliphatic rings. The maximum atomic E-state index is 12.1. The molecule has 19 heavy (non-hydrogen) atoms. The van der Waals surface area contributed by atoms with Crippen molar-refractivity contribution in [2.45, 2.75) is 51.0 Å². The molecule has 0 saturated heterocycles. The first-order valence-corrected chi connectivity index (χ1v) is 8.18. The molecule has 1 aliphatic carbocycles. The first kappa shape index (κ1) is 14.6. The Bertz CT molecular complexity index is 421. The Morgan fingerprint density at radius 1 is 1.26 bits per heavy atom. The van der Waals surface area contributed by atoms with Crippen molar-refractivity contribution in [2.24, 2.45) is 0 Å². The number of aryl methyl sites for hydroxylation is 2. The second-order valence-electron chi connectivity index (χ2n) is 5.65. The van der Waals surface area contributed by atoms with Gasteiger partial charge in [-0.1, -0.05) is 58.6 Å². The van der Waals surface area contributed by atoms with Gasteiger partial charge in [0.05, 0.1) is 0 Å². The standard InChI is InChI=1S/C16H22BrNO/c1-13-4-6-14(7-5-13)8-9-15(19)18-16(12-17)10-2-3-11-16/h4-7H,2-3,8-12H2,1H3,(H,18,19). The van der Waals surface area contributed by atoms with Crippen molar-refractivity contribution in [1.29, 1.82) is 0 Å². The smallest absolute Gasteiger partial charge is 0.220 e. The zero-order valence-corrected chi connectivity index (χ0v) is 13.1. The van der Waals surface area contributed by atoms with E-state index in [1.807, 2.05) is 0 Å². The Morgan fingerprint density at radius 3 is 2.47 bits per heavy atom. The second-order valence-corrected chi connectivity index (χ2v) is 6.22. The summed E-state index contributed by atoms with van der Waals surface area (Å²) in [5.74, 6) is 0.182. The molecule has 1 fully saturated rings. The predicted molar refractivity (Wildman–Crippen MR) is 82.6 cm³/mol. The molecule has 104 valence electrons. The molecule has 0 heterocycles. The zero-order chi connectivity index (χ0) is 13.7. The molecule has 1 aromatic rings. The molecule has 1 aromatic carbocycles. The fraction of sp³-hybridized carbons (Fsp3) is 0.562. The van der Waals surface area contributed by atoms with Gasteiger partial charge in [0.2, 0.25) is 5.91 Å². The van der Waals surface area contributed by atoms with E-state index < -0.39 is 0 Å². The van der Waals surface area contributed by atoms with E-state index in [4.69, 9.17) is 0 Å². The van der Waals surface area contributed by atoms with Gasteiger partial charge in [0.1, 0.15) is 0 Å². The minimum atomic E-state index is 0.0182. The Hall–Kier alpha value is -0.830. The molecule has 0 bridgehead atoms. The lowest BCUT2D eigenvalue weighted by atomic mass is 10.00. The van der Waals surface area contributed by atoms with E-state index in [0.29, 0.717) is 6.42 Å². The SMILES string of the molecule is Cc1ccc(CCC(=O)NC2(CBr)CCCC2)cc1. The maximum absolute atomic E-state index is 12.1. The average molecular weight is 324 g/mol. The maximum Gasteiger partial charge on any atom is 0.220 e. The third kappa shape index (κ3) is 4.07. The van der Waals surface area contributed by atoms with E-state index in [2.05, 4.69) is 52.4 Å². The Labute approximate surface area is 124 Å². The van der Waals surface area contributed by atoms with Crippen LogP contribution in [-0.2, 0) is 11.2 Å². The van der Waals surface area contributed by atoms with Crippen LogP contribution in [-0.4, -0.2) is 16.8 Å². The predicted octanol–water partition coefficient (Wildman–Crippen LogP) is 3.75. The summed E-state index contributed by atoms with van der Waals surface area (Å²) in [6, 6.07) is 8.42. The van der Waals surface area contributed by atoms with Crippen molar-refractivity contribution in [2.75, 3.05) is 5.33 Å². The van der Waals surface area contributed by atoms with Crippen LogP contribution in [0, 0.1) is 6.92 Å². The minimum Gasteiger partial charge on any atom is -0.350 e. The molecule has 1 saturated carbocycles. The van der Waals surface area contributed by atoms with Gasteiger partial charge < -0.3 is 5.32 Å². The lowest BCUT2D eigenvalue weighted by Gasteiger charge is -2.28. The van der Waals surface area contributed by atoms with Crippen LogP contribution in [0.3, 0.4) is 0 Å². The Morgan fingerprint density at radius 2 is 1.89 bits per heavy atom. The summed E-state index contributed by atoms with van der Waals surface area (Å²) in [6.07, 6.45) is 6.07. The summed E-state index contributed by atoms with van der Waals surface area (Å²) in [4.78, 5) is 12.1. The van der Waals surface area contributed by atoms with Crippen molar-refractivity contribution in [3.8, 4) is 0 Å². The van der Waals surface area contributed by atoms with E-state index in [-0.39, 0.29) is 11.4 Å².